The summed E-state index contributed by atoms with van der Waals surface area (Å²) in [6.45, 7) is 2.74. The van der Waals surface area contributed by atoms with Gasteiger partial charge in [-0.2, -0.15) is 5.26 Å². The third-order valence-corrected chi connectivity index (χ3v) is 5.19. The number of thiazole rings is 1. The van der Waals surface area contributed by atoms with Crippen LogP contribution in [0.5, 0.6) is 0 Å². The van der Waals surface area contributed by atoms with Crippen LogP contribution < -0.4 is 0 Å². The van der Waals surface area contributed by atoms with Crippen molar-refractivity contribution >= 4 is 28.6 Å². The number of nitriles is 1. The zero-order valence-electron chi connectivity index (χ0n) is 11.0. The molecule has 1 amide bonds. The Morgan fingerprint density at radius 1 is 1.55 bits per heavy atom. The van der Waals surface area contributed by atoms with Crippen molar-refractivity contribution in [2.24, 2.45) is 0 Å². The van der Waals surface area contributed by atoms with Crippen molar-refractivity contribution in [3.63, 3.8) is 0 Å². The van der Waals surface area contributed by atoms with E-state index in [1.54, 1.807) is 23.5 Å². The molecule has 20 heavy (non-hydrogen) atoms. The summed E-state index contributed by atoms with van der Waals surface area (Å²) < 4.78 is 0. The summed E-state index contributed by atoms with van der Waals surface area (Å²) >= 11 is 2.88. The first-order chi connectivity index (χ1) is 9.69. The molecule has 0 N–H and O–H groups in total. The van der Waals surface area contributed by atoms with Gasteiger partial charge >= 0.3 is 0 Å². The predicted octanol–water partition coefficient (Wildman–Crippen LogP) is 3.36. The number of amides is 1. The van der Waals surface area contributed by atoms with E-state index in [0.29, 0.717) is 9.75 Å². The highest BCUT2D eigenvalue weighted by atomic mass is 32.1. The molecule has 3 heterocycles. The Kier molecular flexibility index (Phi) is 3.55. The van der Waals surface area contributed by atoms with Crippen LogP contribution in [0.2, 0.25) is 0 Å². The number of thiophene rings is 1. The van der Waals surface area contributed by atoms with Crippen molar-refractivity contribution in [3.05, 3.63) is 38.0 Å². The molecule has 1 aliphatic heterocycles. The highest BCUT2D eigenvalue weighted by molar-refractivity contribution is 7.14. The van der Waals surface area contributed by atoms with E-state index >= 15 is 0 Å². The third-order valence-electron chi connectivity index (χ3n) is 3.42. The molecule has 1 aliphatic rings. The Morgan fingerprint density at radius 2 is 2.40 bits per heavy atom. The second kappa shape index (κ2) is 5.35. The number of rotatable bonds is 2. The van der Waals surface area contributed by atoms with Gasteiger partial charge in [-0.15, -0.1) is 22.7 Å². The van der Waals surface area contributed by atoms with Gasteiger partial charge in [-0.1, -0.05) is 0 Å². The molecular weight excluding hydrogens is 290 g/mol. The molecule has 1 atom stereocenters. The average molecular weight is 303 g/mol. The van der Waals surface area contributed by atoms with E-state index in [2.05, 4.69) is 11.1 Å². The minimum absolute atomic E-state index is 0.0182. The number of hydrogen-bond donors (Lipinski definition) is 0. The van der Waals surface area contributed by atoms with E-state index < -0.39 is 0 Å². The summed E-state index contributed by atoms with van der Waals surface area (Å²) in [6.07, 6.45) is 1.97. The van der Waals surface area contributed by atoms with Crippen LogP contribution in [0.4, 0.5) is 0 Å². The van der Waals surface area contributed by atoms with Crippen LogP contribution in [0.1, 0.15) is 44.1 Å². The number of carbonyl (C=O) groups excluding carboxylic acids is 1. The van der Waals surface area contributed by atoms with Gasteiger partial charge in [-0.25, -0.2) is 4.98 Å². The average Bonchev–Trinajstić information content (AvgIpc) is 3.17. The Balaban J connectivity index is 1.85. The number of aromatic nitrogens is 1. The molecule has 0 radical (unpaired) electrons. The van der Waals surface area contributed by atoms with Crippen molar-refractivity contribution < 1.29 is 4.79 Å². The topological polar surface area (TPSA) is 57.0 Å². The van der Waals surface area contributed by atoms with Crippen molar-refractivity contribution in [2.75, 3.05) is 6.54 Å². The maximum Gasteiger partial charge on any atom is 0.264 e. The van der Waals surface area contributed by atoms with Crippen LogP contribution in [0.15, 0.2) is 17.5 Å². The fraction of sp³-hybridized carbons (Fsp3) is 0.357. The summed E-state index contributed by atoms with van der Waals surface area (Å²) in [5, 5.41) is 11.9. The van der Waals surface area contributed by atoms with Crippen LogP contribution >= 0.6 is 22.7 Å². The lowest BCUT2D eigenvalue weighted by Gasteiger charge is -2.22. The van der Waals surface area contributed by atoms with E-state index in [9.17, 15) is 4.79 Å². The van der Waals surface area contributed by atoms with Crippen LogP contribution in [-0.4, -0.2) is 22.3 Å². The molecule has 0 aliphatic carbocycles. The molecule has 1 saturated heterocycles. The summed E-state index contributed by atoms with van der Waals surface area (Å²) in [4.78, 5) is 20.2. The summed E-state index contributed by atoms with van der Waals surface area (Å²) in [6, 6.07) is 5.61. The smallest absolute Gasteiger partial charge is 0.264 e. The van der Waals surface area contributed by atoms with Crippen molar-refractivity contribution in [3.8, 4) is 6.07 Å². The lowest BCUT2D eigenvalue weighted by molar-refractivity contribution is 0.0738. The standard InChI is InChI=1S/C14H13N3OS2/c1-9-16-11(8-19-9)12-3-2-6-17(12)14(18)13-5-4-10(7-15)20-13/h4-5,8,12H,2-3,6H2,1H3/t12-/m1/s1. The van der Waals surface area contributed by atoms with Crippen LogP contribution in [0, 0.1) is 18.3 Å². The minimum Gasteiger partial charge on any atom is -0.329 e. The summed E-state index contributed by atoms with van der Waals surface area (Å²) in [5.74, 6) is 0.0182. The largest absolute Gasteiger partial charge is 0.329 e. The zero-order valence-corrected chi connectivity index (χ0v) is 12.6. The Labute approximate surface area is 125 Å². The molecule has 1 fully saturated rings. The second-order valence-corrected chi connectivity index (χ2v) is 6.87. The number of hydrogen-bond acceptors (Lipinski definition) is 5. The highest BCUT2D eigenvalue weighted by Gasteiger charge is 2.32. The monoisotopic (exact) mass is 303 g/mol. The summed E-state index contributed by atoms with van der Waals surface area (Å²) in [7, 11) is 0. The number of aryl methyl sites for hydroxylation is 1. The van der Waals surface area contributed by atoms with E-state index in [1.807, 2.05) is 17.2 Å². The van der Waals surface area contributed by atoms with E-state index in [0.717, 1.165) is 30.1 Å². The third kappa shape index (κ3) is 2.35. The molecule has 0 unspecified atom stereocenters. The van der Waals surface area contributed by atoms with Crippen molar-refractivity contribution in [1.82, 2.24) is 9.88 Å². The van der Waals surface area contributed by atoms with E-state index in [-0.39, 0.29) is 11.9 Å². The van der Waals surface area contributed by atoms with Gasteiger partial charge < -0.3 is 4.90 Å². The van der Waals surface area contributed by atoms with Crippen molar-refractivity contribution in [1.29, 1.82) is 5.26 Å². The first-order valence-electron chi connectivity index (χ1n) is 6.42. The Hall–Kier alpha value is -1.71. The molecule has 2 aromatic rings. The molecule has 0 saturated carbocycles. The van der Waals surface area contributed by atoms with E-state index in [4.69, 9.17) is 5.26 Å². The van der Waals surface area contributed by atoms with Gasteiger partial charge in [-0.3, -0.25) is 4.79 Å². The second-order valence-electron chi connectivity index (χ2n) is 4.72. The summed E-state index contributed by atoms with van der Waals surface area (Å²) in [5.41, 5.74) is 0.996. The highest BCUT2D eigenvalue weighted by Crippen LogP contribution is 2.34. The van der Waals surface area contributed by atoms with E-state index in [1.165, 1.54) is 11.3 Å². The van der Waals surface area contributed by atoms with Crippen LogP contribution in [0.25, 0.3) is 0 Å². The van der Waals surface area contributed by atoms with Gasteiger partial charge in [-0.05, 0) is 31.9 Å². The van der Waals surface area contributed by atoms with Gasteiger partial charge in [0, 0.05) is 11.9 Å². The normalized spacial score (nSPS) is 18.2. The molecule has 6 heteroatoms. The fourth-order valence-corrected chi connectivity index (χ4v) is 3.92. The molecule has 0 spiro atoms. The van der Waals surface area contributed by atoms with Crippen molar-refractivity contribution in [2.45, 2.75) is 25.8 Å². The number of likely N-dealkylation sites (tertiary alicyclic amines) is 1. The lowest BCUT2D eigenvalue weighted by Crippen LogP contribution is -2.30. The van der Waals surface area contributed by atoms with Gasteiger partial charge in [0.2, 0.25) is 0 Å². The SMILES string of the molecule is Cc1nc([C@H]2CCCN2C(=O)c2ccc(C#N)s2)cs1. The zero-order chi connectivity index (χ0) is 14.1. The molecule has 2 aromatic heterocycles. The first kappa shape index (κ1) is 13.3. The molecule has 0 bridgehead atoms. The minimum atomic E-state index is 0.0182. The lowest BCUT2D eigenvalue weighted by atomic mass is 10.1. The van der Waals surface area contributed by atoms with Gasteiger partial charge in [0.25, 0.3) is 5.91 Å². The number of nitrogens with zero attached hydrogens (tertiary/aromatic N) is 3. The first-order valence-corrected chi connectivity index (χ1v) is 8.11. The Bertz CT molecular complexity index is 683. The molecule has 3 rings (SSSR count). The quantitative estimate of drug-likeness (QED) is 0.854. The molecular formula is C14H13N3OS2. The van der Waals surface area contributed by atoms with Gasteiger partial charge in [0.1, 0.15) is 10.9 Å². The molecule has 4 nitrogen and oxygen atoms in total. The fourth-order valence-electron chi connectivity index (χ4n) is 2.50. The maximum absolute atomic E-state index is 12.6. The maximum atomic E-state index is 12.6. The van der Waals surface area contributed by atoms with Crippen LogP contribution in [-0.2, 0) is 0 Å². The molecule has 102 valence electrons. The van der Waals surface area contributed by atoms with Crippen LogP contribution in [0.3, 0.4) is 0 Å². The van der Waals surface area contributed by atoms with Gasteiger partial charge in [0.05, 0.1) is 21.6 Å². The predicted molar refractivity (Wildman–Crippen MR) is 78.9 cm³/mol. The van der Waals surface area contributed by atoms with Gasteiger partial charge in [0.15, 0.2) is 0 Å². The number of carbonyl (C=O) groups is 1. The Morgan fingerprint density at radius 3 is 3.05 bits per heavy atom. The molecule has 0 aromatic carbocycles.